The maximum atomic E-state index is 10.6. The number of piperidine rings is 3. The fourth-order valence-electron chi connectivity index (χ4n) is 5.48. The molecule has 6 fully saturated rings. The number of aliphatic hydroxyl groups is 4. The van der Waals surface area contributed by atoms with E-state index in [0.717, 1.165) is 39.0 Å². The Bertz CT molecular complexity index is 759. The molecule has 0 spiro atoms. The zero-order valence-electron chi connectivity index (χ0n) is 28.9. The van der Waals surface area contributed by atoms with Gasteiger partial charge in [0.1, 0.15) is 5.88 Å². The Labute approximate surface area is 269 Å². The van der Waals surface area contributed by atoms with Gasteiger partial charge in [0, 0.05) is 45.8 Å². The maximum absolute atomic E-state index is 10.6. The molecule has 12 nitrogen and oxygen atoms in total. The molecule has 4 N–H and O–H groups in total. The largest absolute Gasteiger partial charge is 0.393 e. The molecule has 44 heavy (non-hydrogen) atoms. The van der Waals surface area contributed by atoms with Crippen molar-refractivity contribution in [1.82, 2.24) is 29.4 Å². The highest BCUT2D eigenvalue weighted by Crippen LogP contribution is 2.08. The Morgan fingerprint density at radius 2 is 0.841 bits per heavy atom. The highest BCUT2D eigenvalue weighted by atomic mass is 32.2. The van der Waals surface area contributed by atoms with Crippen LogP contribution in [-0.2, 0) is 9.84 Å². The van der Waals surface area contributed by atoms with Gasteiger partial charge >= 0.3 is 0 Å². The van der Waals surface area contributed by atoms with Crippen LogP contribution in [0.5, 0.6) is 0 Å². The molecule has 6 aliphatic rings. The zero-order valence-corrected chi connectivity index (χ0v) is 29.7. The summed E-state index contributed by atoms with van der Waals surface area (Å²) >= 11 is 0. The molecule has 6 heterocycles. The second kappa shape index (κ2) is 23.0. The molecular weight excluding hydrogens is 584 g/mol. The van der Waals surface area contributed by atoms with E-state index >= 15 is 0 Å². The monoisotopic (exact) mass is 652 g/mol. The molecule has 264 valence electrons. The summed E-state index contributed by atoms with van der Waals surface area (Å²) in [7, 11) is 9.48. The van der Waals surface area contributed by atoms with Crippen molar-refractivity contribution in [2.45, 2.75) is 75.8 Å². The van der Waals surface area contributed by atoms with Crippen molar-refractivity contribution < 1.29 is 28.8 Å². The van der Waals surface area contributed by atoms with Gasteiger partial charge in [0.05, 0.1) is 30.2 Å². The quantitative estimate of drug-likeness (QED) is 0.270. The predicted molar refractivity (Wildman–Crippen MR) is 180 cm³/mol. The molecule has 13 heteroatoms. The van der Waals surface area contributed by atoms with E-state index in [9.17, 15) is 8.42 Å². The van der Waals surface area contributed by atoms with Gasteiger partial charge in [0.25, 0.3) is 0 Å². The molecule has 0 aromatic rings. The molecule has 6 saturated heterocycles. The van der Waals surface area contributed by atoms with Gasteiger partial charge in [-0.3, -0.25) is 4.90 Å². The Morgan fingerprint density at radius 1 is 0.455 bits per heavy atom. The summed E-state index contributed by atoms with van der Waals surface area (Å²) < 4.78 is 21.2. The van der Waals surface area contributed by atoms with Crippen LogP contribution >= 0.6 is 0 Å². The van der Waals surface area contributed by atoms with Gasteiger partial charge in [0.2, 0.25) is 0 Å². The molecular formula is C31H68N6O6S. The van der Waals surface area contributed by atoms with E-state index in [4.69, 9.17) is 20.4 Å². The van der Waals surface area contributed by atoms with Crippen molar-refractivity contribution in [3.8, 4) is 0 Å². The number of hydrogen-bond acceptors (Lipinski definition) is 12. The van der Waals surface area contributed by atoms with Gasteiger partial charge in [-0.15, -0.1) is 0 Å². The van der Waals surface area contributed by atoms with Gasteiger partial charge in [0.15, 0.2) is 9.84 Å². The first-order valence-electron chi connectivity index (χ1n) is 16.7. The second-order valence-corrected chi connectivity index (χ2v) is 15.8. The SMILES string of the molecule is CN1CC(O)C(O)C1.CN1CC(O)C1.CN1CCC(O)CC1.CN1CCCCC1.CN1CCCCC1.CN1CCS(=O)(=O)C1. The number of rotatable bonds is 0. The number of likely N-dealkylation sites (tertiary alicyclic amines) is 5. The highest BCUT2D eigenvalue weighted by Gasteiger charge is 2.26. The minimum Gasteiger partial charge on any atom is -0.393 e. The van der Waals surface area contributed by atoms with Crippen LogP contribution in [0.4, 0.5) is 0 Å². The second-order valence-electron chi connectivity index (χ2n) is 13.6. The Morgan fingerprint density at radius 3 is 1.00 bits per heavy atom. The van der Waals surface area contributed by atoms with E-state index in [1.165, 1.54) is 64.7 Å². The van der Waals surface area contributed by atoms with Gasteiger partial charge in [-0.1, -0.05) is 12.8 Å². The van der Waals surface area contributed by atoms with Gasteiger partial charge in [-0.25, -0.2) is 8.42 Å². The van der Waals surface area contributed by atoms with Crippen LogP contribution < -0.4 is 0 Å². The molecule has 0 saturated carbocycles. The first-order chi connectivity index (χ1) is 20.7. The Balaban J connectivity index is 0.000000265. The van der Waals surface area contributed by atoms with Crippen molar-refractivity contribution in [1.29, 1.82) is 0 Å². The minimum absolute atomic E-state index is 0.0220. The minimum atomic E-state index is -2.67. The summed E-state index contributed by atoms with van der Waals surface area (Å²) in [4.78, 5) is 12.8. The maximum Gasteiger partial charge on any atom is 0.164 e. The number of hydrogen-bond donors (Lipinski definition) is 4. The number of nitrogens with zero attached hydrogens (tertiary/aromatic N) is 6. The molecule has 0 aromatic heterocycles. The summed E-state index contributed by atoms with van der Waals surface area (Å²) in [5.74, 6) is 0.580. The normalized spacial score (nSPS) is 29.1. The van der Waals surface area contributed by atoms with Gasteiger partial charge < -0.3 is 44.9 Å². The van der Waals surface area contributed by atoms with Gasteiger partial charge in [-0.2, -0.15) is 0 Å². The van der Waals surface area contributed by atoms with E-state index in [-0.39, 0.29) is 18.1 Å². The number of likely N-dealkylation sites (N-methyl/N-ethyl adjacent to an activating group) is 2. The summed E-state index contributed by atoms with van der Waals surface area (Å²) in [6.07, 6.45) is 9.35. The predicted octanol–water partition coefficient (Wildman–Crippen LogP) is -0.472. The lowest BCUT2D eigenvalue weighted by molar-refractivity contribution is 0.0196. The average Bonchev–Trinajstić information content (AvgIpc) is 3.44. The van der Waals surface area contributed by atoms with Crippen LogP contribution in [0, 0.1) is 0 Å². The van der Waals surface area contributed by atoms with E-state index in [0.29, 0.717) is 25.4 Å². The third-order valence-electron chi connectivity index (χ3n) is 8.53. The van der Waals surface area contributed by atoms with Crippen molar-refractivity contribution >= 4 is 9.84 Å². The summed E-state index contributed by atoms with van der Waals surface area (Å²) in [6.45, 7) is 11.0. The third-order valence-corrected chi connectivity index (χ3v) is 10.2. The smallest absolute Gasteiger partial charge is 0.164 e. The summed E-state index contributed by atoms with van der Waals surface area (Å²) in [5.41, 5.74) is 0. The van der Waals surface area contributed by atoms with Crippen LogP contribution in [0.2, 0.25) is 0 Å². The Kier molecular flexibility index (Phi) is 21.7. The lowest BCUT2D eigenvalue weighted by Crippen LogP contribution is -2.47. The molecule has 2 atom stereocenters. The van der Waals surface area contributed by atoms with E-state index in [1.54, 1.807) is 4.90 Å². The number of sulfone groups is 1. The molecule has 0 aromatic carbocycles. The number of β-amino-alcohol motifs (C(OH)–C–C–N with tert-alkyl or cyclic N) is 3. The van der Waals surface area contributed by atoms with Crippen LogP contribution in [0.25, 0.3) is 0 Å². The topological polar surface area (TPSA) is 134 Å². The molecule has 6 rings (SSSR count). The van der Waals surface area contributed by atoms with E-state index < -0.39 is 22.0 Å². The molecule has 0 amide bonds. The standard InChI is InChI=1S/C6H13NO.2C6H13N.C5H11NO2.C4H9NO2S.C4H9NO/c1-7-4-2-6(8)3-5-7;2*1-7-5-3-2-4-6-7;1-6-2-4(7)5(8)3-6;1-5-2-3-8(6,7)4-5;1-5-2-4(6)3-5/h6,8H,2-5H2,1H3;2*2-6H2,1H3;4-5,7-8H,2-3H2,1H3;2-4H2,1H3;4,6H,2-3H2,1H3. The molecule has 2 unspecified atom stereocenters. The van der Waals surface area contributed by atoms with Crippen LogP contribution in [0.3, 0.4) is 0 Å². The zero-order chi connectivity index (χ0) is 33.1. The number of aliphatic hydroxyl groups excluding tert-OH is 4. The van der Waals surface area contributed by atoms with Crippen molar-refractivity contribution in [2.24, 2.45) is 0 Å². The first-order valence-corrected chi connectivity index (χ1v) is 18.5. The molecule has 0 bridgehead atoms. The lowest BCUT2D eigenvalue weighted by atomic mass is 10.1. The van der Waals surface area contributed by atoms with E-state index in [2.05, 4.69) is 40.7 Å². The fourth-order valence-corrected chi connectivity index (χ4v) is 7.00. The van der Waals surface area contributed by atoms with Crippen LogP contribution in [0.15, 0.2) is 0 Å². The molecule has 0 aliphatic carbocycles. The molecule has 0 radical (unpaired) electrons. The average molecular weight is 653 g/mol. The summed E-state index contributed by atoms with van der Waals surface area (Å²) in [6, 6.07) is 0. The first kappa shape index (κ1) is 41.6. The summed E-state index contributed by atoms with van der Waals surface area (Å²) in [5, 5.41) is 35.3. The van der Waals surface area contributed by atoms with Crippen LogP contribution in [0.1, 0.15) is 51.4 Å². The highest BCUT2D eigenvalue weighted by molar-refractivity contribution is 7.91. The fraction of sp³-hybridized carbons (Fsp3) is 1.00. The Hall–Kier alpha value is -0.450. The molecule has 6 aliphatic heterocycles. The van der Waals surface area contributed by atoms with Crippen LogP contribution in [-0.4, -0.2) is 209 Å². The van der Waals surface area contributed by atoms with Crippen molar-refractivity contribution in [3.63, 3.8) is 0 Å². The lowest BCUT2D eigenvalue weighted by Gasteiger charge is -2.31. The van der Waals surface area contributed by atoms with Gasteiger partial charge in [-0.05, 0) is 107 Å². The van der Waals surface area contributed by atoms with E-state index in [1.807, 2.05) is 26.0 Å². The van der Waals surface area contributed by atoms with Crippen molar-refractivity contribution in [2.75, 3.05) is 126 Å². The van der Waals surface area contributed by atoms with Crippen molar-refractivity contribution in [3.05, 3.63) is 0 Å². The third kappa shape index (κ3) is 21.4.